The molecule has 2 aromatic heterocycles. The van der Waals surface area contributed by atoms with Gasteiger partial charge in [0, 0.05) is 43.6 Å². The van der Waals surface area contributed by atoms with Crippen LogP contribution in [0.5, 0.6) is 17.2 Å². The number of aromatic hydroxyl groups is 1. The summed E-state index contributed by atoms with van der Waals surface area (Å²) in [6, 6.07) is 14.9. The smallest absolute Gasteiger partial charge is 0.347 e. The van der Waals surface area contributed by atoms with Crippen LogP contribution < -0.4 is 31.3 Å². The SMILES string of the molecule is COc1cc2nc(CCn3c(=O)n4n(c3=O)[C@@H]3C[C@H]5C(=O)N(c6ccccc6)C(=O)[C@@]5(C)[C@@H](c5cccc(F)c5O)C3=CC4)c(=O)n(C)c2cc1OC. The van der Waals surface area contributed by atoms with Crippen molar-refractivity contribution in [3.63, 3.8) is 0 Å². The zero-order valence-electron chi connectivity index (χ0n) is 29.3. The molecule has 2 fully saturated rings. The molecule has 1 saturated carbocycles. The lowest BCUT2D eigenvalue weighted by Crippen LogP contribution is -2.49. The molecular weight excluding hydrogens is 687 g/mol. The number of aromatic nitrogens is 5. The van der Waals surface area contributed by atoms with Crippen LogP contribution in [0.15, 0.2) is 86.7 Å². The molecule has 2 aliphatic heterocycles. The van der Waals surface area contributed by atoms with E-state index in [2.05, 4.69) is 4.98 Å². The van der Waals surface area contributed by atoms with Crippen LogP contribution in [0.1, 0.15) is 36.6 Å². The summed E-state index contributed by atoms with van der Waals surface area (Å²) in [5, 5.41) is 11.1. The number of rotatable bonds is 7. The van der Waals surface area contributed by atoms with Crippen LogP contribution in [0.2, 0.25) is 0 Å². The van der Waals surface area contributed by atoms with E-state index in [1.807, 2.05) is 0 Å². The Morgan fingerprint density at radius 2 is 1.68 bits per heavy atom. The number of imide groups is 1. The Balaban J connectivity index is 1.21. The van der Waals surface area contributed by atoms with Crippen molar-refractivity contribution >= 4 is 28.5 Å². The second-order valence-electron chi connectivity index (χ2n) is 13.7. The Bertz CT molecular complexity index is 2590. The number of fused-ring (bicyclic) bond motifs is 5. The predicted octanol–water partition coefficient (Wildman–Crippen LogP) is 3.03. The van der Waals surface area contributed by atoms with Gasteiger partial charge in [0.05, 0.1) is 54.9 Å². The molecule has 0 bridgehead atoms. The first kappa shape index (κ1) is 33.9. The molecule has 2 amide bonds. The average Bonchev–Trinajstić information content (AvgIpc) is 3.52. The summed E-state index contributed by atoms with van der Waals surface area (Å²) >= 11 is 0. The van der Waals surface area contributed by atoms with Crippen LogP contribution in [0, 0.1) is 17.2 Å². The number of hydrogen-bond donors (Lipinski definition) is 1. The van der Waals surface area contributed by atoms with Crippen molar-refractivity contribution in [3.8, 4) is 17.2 Å². The average molecular weight is 723 g/mol. The van der Waals surface area contributed by atoms with Crippen molar-refractivity contribution in [3.05, 3.63) is 121 Å². The van der Waals surface area contributed by atoms with Crippen molar-refractivity contribution in [2.24, 2.45) is 18.4 Å². The standard InChI is InChI=1S/C38H35FN6O8/c1-38-23(33(47)44(35(38)49)20-9-6-5-7-10-20)17-27-21(31(38)22-11-8-12-24(39)32(22)46)13-16-43-36(50)42(37(51)45(27)43)15-14-25-34(48)41(2)28-19-30(53-4)29(52-3)18-26(28)40-25/h5-13,18-19,23,27,31,46H,14-17H2,1-4H3/t23-,27+,31+,38+/m0/s1. The van der Waals surface area contributed by atoms with Gasteiger partial charge in [0.2, 0.25) is 11.8 Å². The van der Waals surface area contributed by atoms with E-state index in [0.29, 0.717) is 33.8 Å². The summed E-state index contributed by atoms with van der Waals surface area (Å²) in [4.78, 5) is 75.9. The number of methoxy groups -OCH3 is 2. The fourth-order valence-electron chi connectivity index (χ4n) is 8.54. The lowest BCUT2D eigenvalue weighted by Gasteiger charge is -2.47. The van der Waals surface area contributed by atoms with Gasteiger partial charge in [-0.3, -0.25) is 14.4 Å². The molecule has 0 unspecified atom stereocenters. The topological polar surface area (TPSA) is 160 Å². The molecule has 4 atom stereocenters. The van der Waals surface area contributed by atoms with E-state index in [1.54, 1.807) is 62.5 Å². The Labute approximate surface area is 300 Å². The highest BCUT2D eigenvalue weighted by Gasteiger charge is 2.65. The fourth-order valence-corrected chi connectivity index (χ4v) is 8.54. The predicted molar refractivity (Wildman–Crippen MR) is 190 cm³/mol. The monoisotopic (exact) mass is 722 g/mol. The number of carbonyl (C=O) groups excluding carboxylic acids is 2. The van der Waals surface area contributed by atoms with Crippen LogP contribution in [-0.4, -0.2) is 54.6 Å². The Morgan fingerprint density at radius 1 is 0.962 bits per heavy atom. The second-order valence-corrected chi connectivity index (χ2v) is 13.7. The van der Waals surface area contributed by atoms with Gasteiger partial charge in [-0.15, -0.1) is 0 Å². The third-order valence-corrected chi connectivity index (χ3v) is 11.2. The van der Waals surface area contributed by atoms with Crippen molar-refractivity contribution in [1.82, 2.24) is 23.5 Å². The molecule has 53 heavy (non-hydrogen) atoms. The van der Waals surface area contributed by atoms with Crippen molar-refractivity contribution in [2.75, 3.05) is 19.1 Å². The van der Waals surface area contributed by atoms with E-state index < -0.39 is 63.6 Å². The van der Waals surface area contributed by atoms with E-state index in [0.717, 1.165) is 15.5 Å². The largest absolute Gasteiger partial charge is 0.505 e. The molecule has 272 valence electrons. The maximum atomic E-state index is 15.0. The van der Waals surface area contributed by atoms with Crippen LogP contribution in [0.25, 0.3) is 11.0 Å². The molecular formula is C38H35FN6O8. The third-order valence-electron chi connectivity index (χ3n) is 11.2. The van der Waals surface area contributed by atoms with Gasteiger partial charge < -0.3 is 19.1 Å². The first-order valence-electron chi connectivity index (χ1n) is 17.1. The van der Waals surface area contributed by atoms with Crippen LogP contribution in [0.3, 0.4) is 0 Å². The molecule has 15 heteroatoms. The Kier molecular flexibility index (Phi) is 7.78. The van der Waals surface area contributed by atoms with E-state index in [4.69, 9.17) is 9.47 Å². The minimum atomic E-state index is -1.47. The summed E-state index contributed by atoms with van der Waals surface area (Å²) in [6.45, 7) is 1.40. The maximum Gasteiger partial charge on any atom is 0.347 e. The molecule has 1 N–H and O–H groups in total. The Hall–Kier alpha value is -6.25. The number of ether oxygens (including phenoxy) is 2. The number of phenolic OH excluding ortho intramolecular Hbond substituents is 1. The first-order valence-corrected chi connectivity index (χ1v) is 17.1. The number of anilines is 1. The van der Waals surface area contributed by atoms with Gasteiger partial charge in [-0.25, -0.2) is 37.8 Å². The van der Waals surface area contributed by atoms with Gasteiger partial charge in [-0.05, 0) is 37.1 Å². The number of phenols is 1. The molecule has 14 nitrogen and oxygen atoms in total. The first-order chi connectivity index (χ1) is 25.4. The normalized spacial score (nSPS) is 22.0. The number of aryl methyl sites for hydroxylation is 2. The molecule has 4 heterocycles. The highest BCUT2D eigenvalue weighted by molar-refractivity contribution is 6.24. The molecule has 0 radical (unpaired) electrons. The number of allylic oxidation sites excluding steroid dienone is 2. The summed E-state index contributed by atoms with van der Waals surface area (Å²) in [5.74, 6) is -3.75. The van der Waals surface area contributed by atoms with Crippen molar-refractivity contribution < 1.29 is 28.6 Å². The van der Waals surface area contributed by atoms with Gasteiger partial charge in [-0.1, -0.05) is 36.4 Å². The molecule has 0 spiro atoms. The van der Waals surface area contributed by atoms with Gasteiger partial charge in [0.1, 0.15) is 5.69 Å². The zero-order valence-corrected chi connectivity index (χ0v) is 29.3. The summed E-state index contributed by atoms with van der Waals surface area (Å²) in [5.41, 5.74) is -1.15. The van der Waals surface area contributed by atoms with Gasteiger partial charge in [0.15, 0.2) is 23.1 Å². The lowest BCUT2D eigenvalue weighted by molar-refractivity contribution is -0.129. The number of amides is 2. The molecule has 5 aromatic rings. The van der Waals surface area contributed by atoms with Crippen LogP contribution >= 0.6 is 0 Å². The fraction of sp³-hybridized carbons (Fsp3) is 0.316. The highest BCUT2D eigenvalue weighted by atomic mass is 19.1. The molecule has 8 rings (SSSR count). The number of nitrogens with zero attached hydrogens (tertiary/aromatic N) is 6. The number of carbonyl (C=O) groups is 2. The molecule has 3 aromatic carbocycles. The maximum absolute atomic E-state index is 15.0. The number of hydrogen-bond acceptors (Lipinski definition) is 9. The number of halogens is 1. The molecule has 1 aliphatic carbocycles. The molecule has 3 aliphatic rings. The third kappa shape index (κ3) is 4.75. The summed E-state index contributed by atoms with van der Waals surface area (Å²) in [7, 11) is 4.56. The van der Waals surface area contributed by atoms with Crippen molar-refractivity contribution in [2.45, 2.75) is 44.8 Å². The summed E-state index contributed by atoms with van der Waals surface area (Å²) < 4.78 is 30.7. The molecule has 1 saturated heterocycles. The van der Waals surface area contributed by atoms with Crippen molar-refractivity contribution in [1.29, 1.82) is 0 Å². The summed E-state index contributed by atoms with van der Waals surface area (Å²) in [6.07, 6.45) is 1.66. The zero-order chi connectivity index (χ0) is 37.5. The van der Waals surface area contributed by atoms with E-state index >= 15 is 0 Å². The van der Waals surface area contributed by atoms with Crippen LogP contribution in [-0.2, 0) is 36.1 Å². The minimum absolute atomic E-state index is 0.00968. The van der Waals surface area contributed by atoms with Crippen LogP contribution in [0.4, 0.5) is 10.1 Å². The van der Waals surface area contributed by atoms with E-state index in [1.165, 1.54) is 40.3 Å². The van der Waals surface area contributed by atoms with E-state index in [-0.39, 0.29) is 37.2 Å². The van der Waals surface area contributed by atoms with Gasteiger partial charge in [-0.2, -0.15) is 0 Å². The number of para-hydroxylation sites is 2. The quantitative estimate of drug-likeness (QED) is 0.197. The Morgan fingerprint density at radius 3 is 2.40 bits per heavy atom. The minimum Gasteiger partial charge on any atom is -0.505 e. The second kappa shape index (κ2) is 12.2. The van der Waals surface area contributed by atoms with Gasteiger partial charge >= 0.3 is 11.4 Å². The highest BCUT2D eigenvalue weighted by Crippen LogP contribution is 2.62. The van der Waals surface area contributed by atoms with E-state index in [9.17, 15) is 33.5 Å². The number of benzene rings is 3. The van der Waals surface area contributed by atoms with Gasteiger partial charge in [0.25, 0.3) is 5.56 Å². The lowest BCUT2D eigenvalue weighted by atomic mass is 9.56.